The highest BCUT2D eigenvalue weighted by Gasteiger charge is 2.36. The van der Waals surface area contributed by atoms with Crippen molar-refractivity contribution < 1.29 is 13.2 Å². The Morgan fingerprint density at radius 3 is 2.52 bits per heavy atom. The summed E-state index contributed by atoms with van der Waals surface area (Å²) in [4.78, 5) is 12.0. The molecule has 0 spiro atoms. The van der Waals surface area contributed by atoms with E-state index in [4.69, 9.17) is 11.6 Å². The van der Waals surface area contributed by atoms with E-state index in [-0.39, 0.29) is 23.5 Å². The van der Waals surface area contributed by atoms with Gasteiger partial charge in [-0.2, -0.15) is 5.10 Å². The number of hydrazone groups is 1. The molecular formula is C14H15ClN2O3S. The topological polar surface area (TPSA) is 66.8 Å². The maximum Gasteiger partial charge on any atom is 0.243 e. The summed E-state index contributed by atoms with van der Waals surface area (Å²) in [6.45, 7) is 0. The van der Waals surface area contributed by atoms with Crippen LogP contribution in [0.4, 0.5) is 0 Å². The lowest BCUT2D eigenvalue weighted by atomic mass is 10.0. The molecule has 0 N–H and O–H groups in total. The molecule has 1 fully saturated rings. The first-order chi connectivity index (χ1) is 9.94. The molecule has 3 rings (SSSR count). The van der Waals surface area contributed by atoms with Gasteiger partial charge in [-0.05, 0) is 24.1 Å². The monoisotopic (exact) mass is 326 g/mol. The van der Waals surface area contributed by atoms with Gasteiger partial charge in [-0.1, -0.05) is 23.7 Å². The van der Waals surface area contributed by atoms with Gasteiger partial charge < -0.3 is 0 Å². The van der Waals surface area contributed by atoms with Crippen molar-refractivity contribution in [1.29, 1.82) is 0 Å². The number of rotatable bonds is 2. The van der Waals surface area contributed by atoms with Gasteiger partial charge in [0.15, 0.2) is 9.84 Å². The zero-order valence-corrected chi connectivity index (χ0v) is 12.9. The van der Waals surface area contributed by atoms with Crippen LogP contribution < -0.4 is 0 Å². The zero-order valence-electron chi connectivity index (χ0n) is 11.3. The van der Waals surface area contributed by atoms with Gasteiger partial charge in [-0.3, -0.25) is 4.79 Å². The number of carbonyl (C=O) groups is 1. The smallest absolute Gasteiger partial charge is 0.243 e. The molecule has 1 unspecified atom stereocenters. The third kappa shape index (κ3) is 3.11. The summed E-state index contributed by atoms with van der Waals surface area (Å²) in [6, 6.07) is 6.95. The summed E-state index contributed by atoms with van der Waals surface area (Å²) < 4.78 is 23.2. The molecule has 1 aromatic carbocycles. The van der Waals surface area contributed by atoms with E-state index in [0.29, 0.717) is 24.3 Å². The predicted octanol–water partition coefficient (Wildman–Crippen LogP) is 1.85. The quantitative estimate of drug-likeness (QED) is 0.833. The third-order valence-corrected chi connectivity index (χ3v) is 5.79. The third-order valence-electron chi connectivity index (χ3n) is 3.79. The molecule has 0 bridgehead atoms. The lowest BCUT2D eigenvalue weighted by Crippen LogP contribution is -2.40. The fraction of sp³-hybridized carbons (Fsp3) is 0.429. The van der Waals surface area contributed by atoms with E-state index in [1.807, 2.05) is 12.1 Å². The van der Waals surface area contributed by atoms with Gasteiger partial charge in [0.2, 0.25) is 5.91 Å². The normalized spacial score (nSPS) is 25.0. The Kier molecular flexibility index (Phi) is 3.75. The summed E-state index contributed by atoms with van der Waals surface area (Å²) in [6.07, 6.45) is 1.39. The van der Waals surface area contributed by atoms with Crippen LogP contribution in [0.2, 0.25) is 5.02 Å². The van der Waals surface area contributed by atoms with Crippen molar-refractivity contribution in [3.05, 3.63) is 34.9 Å². The fourth-order valence-corrected chi connectivity index (χ4v) is 4.49. The Bertz CT molecular complexity index is 697. The Morgan fingerprint density at radius 1 is 1.19 bits per heavy atom. The summed E-state index contributed by atoms with van der Waals surface area (Å²) in [5, 5.41) is 6.42. The summed E-state index contributed by atoms with van der Waals surface area (Å²) in [7, 11) is -3.04. The number of carbonyl (C=O) groups excluding carboxylic acids is 1. The van der Waals surface area contributed by atoms with Gasteiger partial charge in [0, 0.05) is 17.9 Å². The van der Waals surface area contributed by atoms with Gasteiger partial charge in [0.25, 0.3) is 0 Å². The second-order valence-electron chi connectivity index (χ2n) is 5.35. The molecule has 0 saturated carbocycles. The average Bonchev–Trinajstić information content (AvgIpc) is 2.80. The Labute approximate surface area is 128 Å². The molecule has 0 aromatic heterocycles. The van der Waals surface area contributed by atoms with Crippen molar-refractivity contribution in [1.82, 2.24) is 5.01 Å². The SMILES string of the molecule is O=C1CCC(c2ccc(Cl)cc2)=NN1C1CCS(=O)(=O)C1. The van der Waals surface area contributed by atoms with Gasteiger partial charge in [0.05, 0.1) is 23.3 Å². The van der Waals surface area contributed by atoms with E-state index in [1.165, 1.54) is 5.01 Å². The van der Waals surface area contributed by atoms with Crippen molar-refractivity contribution in [2.75, 3.05) is 11.5 Å². The highest BCUT2D eigenvalue weighted by molar-refractivity contribution is 7.91. The van der Waals surface area contributed by atoms with Gasteiger partial charge in [-0.25, -0.2) is 13.4 Å². The Morgan fingerprint density at radius 2 is 1.90 bits per heavy atom. The van der Waals surface area contributed by atoms with Gasteiger partial charge in [-0.15, -0.1) is 0 Å². The number of nitrogens with zero attached hydrogens (tertiary/aromatic N) is 2. The average molecular weight is 327 g/mol. The summed E-state index contributed by atoms with van der Waals surface area (Å²) in [5.41, 5.74) is 1.72. The molecule has 7 heteroatoms. The molecule has 1 amide bonds. The molecule has 5 nitrogen and oxygen atoms in total. The number of benzene rings is 1. The minimum atomic E-state index is -3.04. The molecule has 1 aromatic rings. The molecule has 2 aliphatic rings. The largest absolute Gasteiger partial charge is 0.273 e. The molecular weight excluding hydrogens is 312 g/mol. The summed E-state index contributed by atoms with van der Waals surface area (Å²) in [5.74, 6) is 0.0402. The molecule has 2 heterocycles. The molecule has 112 valence electrons. The van der Waals surface area contributed by atoms with Crippen molar-refractivity contribution in [2.24, 2.45) is 5.10 Å². The molecule has 1 atom stereocenters. The highest BCUT2D eigenvalue weighted by atomic mass is 35.5. The van der Waals surface area contributed by atoms with E-state index < -0.39 is 9.84 Å². The molecule has 1 saturated heterocycles. The lowest BCUT2D eigenvalue weighted by molar-refractivity contribution is -0.133. The van der Waals surface area contributed by atoms with Crippen LogP contribution in [-0.2, 0) is 14.6 Å². The van der Waals surface area contributed by atoms with Crippen LogP contribution in [0.25, 0.3) is 0 Å². The van der Waals surface area contributed by atoms with Crippen LogP contribution in [0.15, 0.2) is 29.4 Å². The first-order valence-corrected chi connectivity index (χ1v) is 9.00. The Balaban J connectivity index is 1.88. The van der Waals surface area contributed by atoms with E-state index in [0.717, 1.165) is 11.3 Å². The first-order valence-electron chi connectivity index (χ1n) is 6.80. The zero-order chi connectivity index (χ0) is 15.0. The van der Waals surface area contributed by atoms with Gasteiger partial charge in [0.1, 0.15) is 0 Å². The minimum absolute atomic E-state index is 0.0101. The van der Waals surface area contributed by atoms with Crippen LogP contribution in [-0.4, -0.2) is 42.6 Å². The van der Waals surface area contributed by atoms with Crippen LogP contribution in [0.1, 0.15) is 24.8 Å². The second kappa shape index (κ2) is 5.42. The molecule has 0 aliphatic carbocycles. The van der Waals surface area contributed by atoms with Gasteiger partial charge >= 0.3 is 0 Å². The van der Waals surface area contributed by atoms with Crippen molar-refractivity contribution >= 4 is 33.1 Å². The highest BCUT2D eigenvalue weighted by Crippen LogP contribution is 2.24. The number of halogens is 1. The second-order valence-corrected chi connectivity index (χ2v) is 8.01. The predicted molar refractivity (Wildman–Crippen MR) is 81.1 cm³/mol. The van der Waals surface area contributed by atoms with Crippen LogP contribution in [0.5, 0.6) is 0 Å². The summed E-state index contributed by atoms with van der Waals surface area (Å²) >= 11 is 5.87. The number of amides is 1. The van der Waals surface area contributed by atoms with Crippen LogP contribution >= 0.6 is 11.6 Å². The number of sulfone groups is 1. The number of hydrogen-bond acceptors (Lipinski definition) is 4. The molecule has 2 aliphatic heterocycles. The van der Waals surface area contributed by atoms with E-state index >= 15 is 0 Å². The minimum Gasteiger partial charge on any atom is -0.273 e. The fourth-order valence-electron chi connectivity index (χ4n) is 2.67. The van der Waals surface area contributed by atoms with E-state index in [9.17, 15) is 13.2 Å². The van der Waals surface area contributed by atoms with Crippen LogP contribution in [0.3, 0.4) is 0 Å². The first kappa shape index (κ1) is 14.5. The maximum atomic E-state index is 12.0. The standard InChI is InChI=1S/C14H15ClN2O3S/c15-11-3-1-10(2-4-11)13-5-6-14(18)17(16-13)12-7-8-21(19,20)9-12/h1-4,12H,5-9H2. The molecule has 0 radical (unpaired) electrons. The van der Waals surface area contributed by atoms with Crippen LogP contribution in [0, 0.1) is 0 Å². The maximum absolute atomic E-state index is 12.0. The van der Waals surface area contributed by atoms with E-state index in [2.05, 4.69) is 5.10 Å². The Hall–Kier alpha value is -1.40. The van der Waals surface area contributed by atoms with Crippen molar-refractivity contribution in [3.8, 4) is 0 Å². The van der Waals surface area contributed by atoms with E-state index in [1.54, 1.807) is 12.1 Å². The van der Waals surface area contributed by atoms with Crippen molar-refractivity contribution in [2.45, 2.75) is 25.3 Å². The number of hydrogen-bond donors (Lipinski definition) is 0. The lowest BCUT2D eigenvalue weighted by Gasteiger charge is -2.28. The molecule has 21 heavy (non-hydrogen) atoms. The van der Waals surface area contributed by atoms with Crippen molar-refractivity contribution in [3.63, 3.8) is 0 Å².